The lowest BCUT2D eigenvalue weighted by Gasteiger charge is -2.27. The zero-order chi connectivity index (χ0) is 53.9. The Labute approximate surface area is 457 Å². The molecule has 0 N–H and O–H groups in total. The van der Waals surface area contributed by atoms with E-state index < -0.39 is 0 Å². The summed E-state index contributed by atoms with van der Waals surface area (Å²) in [5.74, 6) is 3.40. The second-order valence-corrected chi connectivity index (χ2v) is 22.6. The summed E-state index contributed by atoms with van der Waals surface area (Å²) < 4.78 is 13.3. The second kappa shape index (κ2) is 19.7. The first-order valence-corrected chi connectivity index (χ1v) is 26.8. The van der Waals surface area contributed by atoms with E-state index in [9.17, 15) is 0 Å². The third-order valence-electron chi connectivity index (χ3n) is 15.0. The average Bonchev–Trinajstić information content (AvgIpc) is 4.22. The molecule has 0 atom stereocenters. The SMILES string of the molecule is Cc1cc(-n2c3ccccc3c3ccc(Oc4cc(-c5c(C)cccc5C)nc(-n5[c-][n+](-c6cc(C(C)(C)C)cc(C(C)(C)C)c6)c(-c6c(-c7ccccc7)cccc6-c6ccccc6)n5)c4)cc32)ncc1-c1ccccc1. The van der Waals surface area contributed by atoms with E-state index in [1.54, 1.807) is 0 Å². The minimum atomic E-state index is -0.142. The van der Waals surface area contributed by atoms with E-state index in [-0.39, 0.29) is 10.8 Å². The maximum atomic E-state index is 7.11. The van der Waals surface area contributed by atoms with Crippen LogP contribution in [0.15, 0.2) is 212 Å². The fraction of sp³-hybridized carbons (Fsp3) is 0.155. The first-order chi connectivity index (χ1) is 37.7. The lowest BCUT2D eigenvalue weighted by molar-refractivity contribution is -0.589. The molecule has 4 aromatic heterocycles. The molecule has 0 saturated carbocycles. The van der Waals surface area contributed by atoms with Crippen LogP contribution in [0.3, 0.4) is 0 Å². The first-order valence-electron chi connectivity index (χ1n) is 26.8. The van der Waals surface area contributed by atoms with Crippen molar-refractivity contribution in [2.45, 2.75) is 73.1 Å². The predicted octanol–water partition coefficient (Wildman–Crippen LogP) is 17.5. The number of aromatic nitrogens is 6. The summed E-state index contributed by atoms with van der Waals surface area (Å²) in [7, 11) is 0. The van der Waals surface area contributed by atoms with Crippen molar-refractivity contribution in [2.75, 3.05) is 0 Å². The first kappa shape index (κ1) is 49.7. The molecule has 78 heavy (non-hydrogen) atoms. The van der Waals surface area contributed by atoms with E-state index in [0.717, 1.165) is 106 Å². The van der Waals surface area contributed by atoms with Crippen LogP contribution < -0.4 is 9.30 Å². The standard InChI is InChI=1S/C71H62N6O/c1-46-23-21-24-47(2)67(46)62-41-56(78-55-35-36-60-59-31-19-20-34-63(59)77(64(60)42-55)65-37-48(3)61(44-72-65)51-29-17-12-18-30-51)43-66(73-62)76-45-75(54-39-52(70(4,5)6)38-53(40-54)71(7,8)9)69(74-76)68-57(49-25-13-10-14-26-49)32-22-33-58(68)50-27-15-11-16-28-50/h10-44H,1-9H3. The van der Waals surface area contributed by atoms with Gasteiger partial charge in [-0.15, -0.1) is 4.68 Å². The van der Waals surface area contributed by atoms with E-state index in [2.05, 4.69) is 266 Å². The van der Waals surface area contributed by atoms with Crippen molar-refractivity contribution >= 4 is 21.8 Å². The van der Waals surface area contributed by atoms with Crippen LogP contribution in [0.2, 0.25) is 0 Å². The molecule has 8 aromatic carbocycles. The highest BCUT2D eigenvalue weighted by atomic mass is 16.5. The van der Waals surface area contributed by atoms with E-state index in [1.165, 1.54) is 11.1 Å². The number of rotatable bonds is 10. The van der Waals surface area contributed by atoms with Crippen LogP contribution in [0, 0.1) is 27.1 Å². The zero-order valence-electron chi connectivity index (χ0n) is 45.8. The monoisotopic (exact) mass is 1010 g/mol. The Morgan fingerprint density at radius 3 is 1.63 bits per heavy atom. The van der Waals surface area contributed by atoms with Crippen molar-refractivity contribution in [3.63, 3.8) is 0 Å². The molecule has 7 heteroatoms. The van der Waals surface area contributed by atoms with Gasteiger partial charge in [-0.05, 0) is 117 Å². The molecule has 0 bridgehead atoms. The molecule has 0 aliphatic rings. The molecule has 0 saturated heterocycles. The van der Waals surface area contributed by atoms with Crippen LogP contribution in [-0.4, -0.2) is 24.3 Å². The van der Waals surface area contributed by atoms with Crippen molar-refractivity contribution in [3.05, 3.63) is 247 Å². The van der Waals surface area contributed by atoms with Gasteiger partial charge in [0.2, 0.25) is 12.2 Å². The fourth-order valence-corrected chi connectivity index (χ4v) is 10.8. The number of hydrogen-bond donors (Lipinski definition) is 0. The number of aryl methyl sites for hydroxylation is 3. The lowest BCUT2D eigenvalue weighted by Crippen LogP contribution is -2.33. The number of hydrogen-bond acceptors (Lipinski definition) is 4. The van der Waals surface area contributed by atoms with Gasteiger partial charge in [0.05, 0.1) is 16.7 Å². The van der Waals surface area contributed by atoms with Crippen LogP contribution in [-0.2, 0) is 10.8 Å². The number of nitrogens with zero attached hydrogens (tertiary/aromatic N) is 6. The van der Waals surface area contributed by atoms with Gasteiger partial charge in [0.1, 0.15) is 17.3 Å². The van der Waals surface area contributed by atoms with Gasteiger partial charge in [0.15, 0.2) is 5.82 Å². The highest BCUT2D eigenvalue weighted by molar-refractivity contribution is 6.09. The van der Waals surface area contributed by atoms with Gasteiger partial charge in [0, 0.05) is 57.5 Å². The number of ether oxygens (including phenoxy) is 1. The van der Waals surface area contributed by atoms with Gasteiger partial charge in [0.25, 0.3) is 0 Å². The molecule has 0 fully saturated rings. The van der Waals surface area contributed by atoms with Crippen LogP contribution in [0.4, 0.5) is 0 Å². The Morgan fingerprint density at radius 1 is 0.462 bits per heavy atom. The van der Waals surface area contributed by atoms with Gasteiger partial charge < -0.3 is 9.30 Å². The highest BCUT2D eigenvalue weighted by Gasteiger charge is 2.27. The summed E-state index contributed by atoms with van der Waals surface area (Å²) in [4.78, 5) is 10.6. The average molecular weight is 1020 g/mol. The Bertz CT molecular complexity index is 4100. The summed E-state index contributed by atoms with van der Waals surface area (Å²) in [5, 5.41) is 7.89. The summed E-state index contributed by atoms with van der Waals surface area (Å²) in [5.41, 5.74) is 17.8. The maximum Gasteiger partial charge on any atom is 0.233 e. The van der Waals surface area contributed by atoms with E-state index in [4.69, 9.17) is 19.8 Å². The van der Waals surface area contributed by atoms with Gasteiger partial charge in [-0.2, -0.15) is 0 Å². The van der Waals surface area contributed by atoms with Crippen molar-refractivity contribution in [2.24, 2.45) is 0 Å². The normalized spacial score (nSPS) is 11.9. The van der Waals surface area contributed by atoms with Gasteiger partial charge >= 0.3 is 0 Å². The molecular formula is C71H62N6O. The quantitative estimate of drug-likeness (QED) is 0.101. The third kappa shape index (κ3) is 9.36. The molecule has 382 valence electrons. The van der Waals surface area contributed by atoms with E-state index >= 15 is 0 Å². The molecule has 0 unspecified atom stereocenters. The van der Waals surface area contributed by atoms with Gasteiger partial charge in [-0.1, -0.05) is 205 Å². The van der Waals surface area contributed by atoms with Gasteiger partial charge in [-0.3, -0.25) is 9.55 Å². The molecular weight excluding hydrogens is 953 g/mol. The Hall–Kier alpha value is -9.20. The van der Waals surface area contributed by atoms with Crippen LogP contribution in [0.25, 0.3) is 95.2 Å². The molecule has 7 nitrogen and oxygen atoms in total. The minimum Gasteiger partial charge on any atom is -0.458 e. The van der Waals surface area contributed by atoms with Crippen molar-refractivity contribution in [1.29, 1.82) is 0 Å². The molecule has 0 radical (unpaired) electrons. The van der Waals surface area contributed by atoms with Crippen molar-refractivity contribution in [1.82, 2.24) is 24.3 Å². The summed E-state index contributed by atoms with van der Waals surface area (Å²) in [6, 6.07) is 72.6. The minimum absolute atomic E-state index is 0.142. The smallest absolute Gasteiger partial charge is 0.233 e. The lowest BCUT2D eigenvalue weighted by atomic mass is 9.80. The number of para-hydroxylation sites is 1. The molecule has 0 aliphatic carbocycles. The summed E-state index contributed by atoms with van der Waals surface area (Å²) in [6.07, 6.45) is 5.79. The fourth-order valence-electron chi connectivity index (χ4n) is 10.8. The Morgan fingerprint density at radius 2 is 1.03 bits per heavy atom. The molecule has 12 aromatic rings. The topological polar surface area (TPSA) is 61.6 Å². The summed E-state index contributed by atoms with van der Waals surface area (Å²) in [6.45, 7) is 20.1. The second-order valence-electron chi connectivity index (χ2n) is 22.6. The molecule has 0 spiro atoms. The van der Waals surface area contributed by atoms with Crippen LogP contribution in [0.5, 0.6) is 11.5 Å². The molecule has 0 aliphatic heterocycles. The van der Waals surface area contributed by atoms with Crippen LogP contribution >= 0.6 is 0 Å². The third-order valence-corrected chi connectivity index (χ3v) is 15.0. The maximum absolute atomic E-state index is 7.11. The largest absolute Gasteiger partial charge is 0.458 e. The van der Waals surface area contributed by atoms with E-state index in [1.807, 2.05) is 29.1 Å². The van der Waals surface area contributed by atoms with Crippen molar-refractivity contribution in [3.8, 4) is 84.8 Å². The molecule has 12 rings (SSSR count). The number of pyridine rings is 2. The van der Waals surface area contributed by atoms with Crippen LogP contribution in [0.1, 0.15) is 69.4 Å². The van der Waals surface area contributed by atoms with Crippen molar-refractivity contribution < 1.29 is 9.30 Å². The van der Waals surface area contributed by atoms with Gasteiger partial charge in [-0.25, -0.2) is 4.98 Å². The Balaban J connectivity index is 1.08. The Kier molecular flexibility index (Phi) is 12.6. The zero-order valence-corrected chi connectivity index (χ0v) is 45.8. The predicted molar refractivity (Wildman–Crippen MR) is 319 cm³/mol. The number of fused-ring (bicyclic) bond motifs is 3. The number of benzene rings is 8. The van der Waals surface area contributed by atoms with E-state index in [0.29, 0.717) is 17.3 Å². The molecule has 4 heterocycles. The molecule has 0 amide bonds. The highest BCUT2D eigenvalue weighted by Crippen LogP contribution is 2.41. The summed E-state index contributed by atoms with van der Waals surface area (Å²) >= 11 is 0.